The maximum atomic E-state index is 5.98. The monoisotopic (exact) mass is 313 g/mol. The lowest BCUT2D eigenvalue weighted by Gasteiger charge is -2.31. The van der Waals surface area contributed by atoms with Gasteiger partial charge in [-0.15, -0.1) is 0 Å². The summed E-state index contributed by atoms with van der Waals surface area (Å²) in [5, 5.41) is 9.02. The van der Waals surface area contributed by atoms with Crippen LogP contribution in [0.2, 0.25) is 5.02 Å². The van der Waals surface area contributed by atoms with Gasteiger partial charge in [-0.25, -0.2) is 0 Å². The van der Waals surface area contributed by atoms with Crippen LogP contribution in [-0.4, -0.2) is 16.2 Å². The Bertz CT molecular complexity index is 748. The molecule has 1 heterocycles. The third-order valence-electron chi connectivity index (χ3n) is 4.14. The molecular weight excluding hydrogens is 294 g/mol. The van der Waals surface area contributed by atoms with E-state index in [1.165, 1.54) is 11.3 Å². The summed E-state index contributed by atoms with van der Waals surface area (Å²) in [6.45, 7) is 5.35. The van der Waals surface area contributed by atoms with E-state index in [-0.39, 0.29) is 0 Å². The summed E-state index contributed by atoms with van der Waals surface area (Å²) >= 11 is 5.98. The average molecular weight is 314 g/mol. The Labute approximate surface area is 135 Å². The highest BCUT2D eigenvalue weighted by Gasteiger charge is 2.14. The predicted molar refractivity (Wildman–Crippen MR) is 93.5 cm³/mol. The molecule has 1 atom stereocenters. The van der Waals surface area contributed by atoms with Gasteiger partial charge < -0.3 is 4.90 Å². The van der Waals surface area contributed by atoms with Gasteiger partial charge in [-0.1, -0.05) is 30.7 Å². The van der Waals surface area contributed by atoms with Gasteiger partial charge in [-0.05, 0) is 49.2 Å². The van der Waals surface area contributed by atoms with Crippen LogP contribution in [0.5, 0.6) is 0 Å². The van der Waals surface area contributed by atoms with Gasteiger partial charge in [0.2, 0.25) is 0 Å². The summed E-state index contributed by atoms with van der Waals surface area (Å²) in [5.74, 6) is 0. The SMILES string of the molecule is CCC(C)N(Cc1ccc(Cl)cc1)c1ccc2[nH]ncc2c1. The first-order chi connectivity index (χ1) is 10.7. The maximum Gasteiger partial charge on any atom is 0.0651 e. The number of hydrogen-bond acceptors (Lipinski definition) is 2. The molecule has 1 aromatic heterocycles. The Kier molecular flexibility index (Phi) is 4.34. The fourth-order valence-corrected chi connectivity index (χ4v) is 2.74. The molecule has 3 rings (SSSR count). The second-order valence-corrected chi connectivity index (χ2v) is 6.09. The van der Waals surface area contributed by atoms with E-state index in [9.17, 15) is 0 Å². The van der Waals surface area contributed by atoms with Crippen LogP contribution in [0.3, 0.4) is 0 Å². The van der Waals surface area contributed by atoms with Crippen molar-refractivity contribution in [3.8, 4) is 0 Å². The van der Waals surface area contributed by atoms with Crippen molar-refractivity contribution in [2.24, 2.45) is 0 Å². The highest BCUT2D eigenvalue weighted by atomic mass is 35.5. The van der Waals surface area contributed by atoms with Crippen LogP contribution >= 0.6 is 11.6 Å². The summed E-state index contributed by atoms with van der Waals surface area (Å²) in [7, 11) is 0. The van der Waals surface area contributed by atoms with Gasteiger partial charge in [0.25, 0.3) is 0 Å². The van der Waals surface area contributed by atoms with E-state index in [1.54, 1.807) is 0 Å². The molecule has 0 bridgehead atoms. The topological polar surface area (TPSA) is 31.9 Å². The molecule has 1 unspecified atom stereocenters. The molecule has 22 heavy (non-hydrogen) atoms. The number of aromatic amines is 1. The van der Waals surface area contributed by atoms with Crippen LogP contribution in [-0.2, 0) is 6.54 Å². The number of H-pyrrole nitrogens is 1. The van der Waals surface area contributed by atoms with Gasteiger partial charge in [-0.3, -0.25) is 5.10 Å². The van der Waals surface area contributed by atoms with E-state index in [4.69, 9.17) is 11.6 Å². The molecule has 0 aliphatic carbocycles. The van der Waals surface area contributed by atoms with Crippen molar-refractivity contribution < 1.29 is 0 Å². The second kappa shape index (κ2) is 6.41. The summed E-state index contributed by atoms with van der Waals surface area (Å²) < 4.78 is 0. The molecule has 1 N–H and O–H groups in total. The van der Waals surface area contributed by atoms with E-state index < -0.39 is 0 Å². The second-order valence-electron chi connectivity index (χ2n) is 5.65. The Balaban J connectivity index is 1.92. The van der Waals surface area contributed by atoms with Crippen LogP contribution in [0.15, 0.2) is 48.7 Å². The zero-order valence-electron chi connectivity index (χ0n) is 12.9. The molecule has 0 saturated heterocycles. The van der Waals surface area contributed by atoms with Crippen molar-refractivity contribution in [2.75, 3.05) is 4.90 Å². The van der Waals surface area contributed by atoms with Gasteiger partial charge in [0.05, 0.1) is 11.7 Å². The van der Waals surface area contributed by atoms with Crippen molar-refractivity contribution in [3.63, 3.8) is 0 Å². The van der Waals surface area contributed by atoms with E-state index in [0.29, 0.717) is 6.04 Å². The maximum absolute atomic E-state index is 5.98. The number of nitrogens with one attached hydrogen (secondary N) is 1. The Morgan fingerprint density at radius 1 is 1.18 bits per heavy atom. The number of benzene rings is 2. The van der Waals surface area contributed by atoms with Crippen LogP contribution < -0.4 is 4.90 Å². The molecule has 3 nitrogen and oxygen atoms in total. The minimum Gasteiger partial charge on any atom is -0.364 e. The highest BCUT2D eigenvalue weighted by molar-refractivity contribution is 6.30. The molecule has 3 aromatic rings. The third-order valence-corrected chi connectivity index (χ3v) is 4.40. The molecule has 114 valence electrons. The number of halogens is 1. The molecule has 0 aliphatic heterocycles. The third kappa shape index (κ3) is 3.09. The zero-order valence-corrected chi connectivity index (χ0v) is 13.6. The Hall–Kier alpha value is -2.00. The summed E-state index contributed by atoms with van der Waals surface area (Å²) in [6.07, 6.45) is 2.97. The molecule has 0 amide bonds. The average Bonchev–Trinajstić information content (AvgIpc) is 3.01. The minimum absolute atomic E-state index is 0.458. The van der Waals surface area contributed by atoms with Gasteiger partial charge in [-0.2, -0.15) is 5.10 Å². The van der Waals surface area contributed by atoms with Crippen molar-refractivity contribution in [3.05, 3.63) is 59.2 Å². The molecule has 0 aliphatic rings. The Morgan fingerprint density at radius 3 is 2.68 bits per heavy atom. The first-order valence-corrected chi connectivity index (χ1v) is 7.99. The Morgan fingerprint density at radius 2 is 1.95 bits per heavy atom. The van der Waals surface area contributed by atoms with Crippen LogP contribution in [0.1, 0.15) is 25.8 Å². The van der Waals surface area contributed by atoms with Crippen molar-refractivity contribution in [2.45, 2.75) is 32.9 Å². The lowest BCUT2D eigenvalue weighted by Crippen LogP contribution is -2.31. The molecule has 0 saturated carbocycles. The molecular formula is C18H20ClN3. The lowest BCUT2D eigenvalue weighted by molar-refractivity contribution is 0.615. The zero-order chi connectivity index (χ0) is 15.5. The number of aromatic nitrogens is 2. The van der Waals surface area contributed by atoms with E-state index in [1.807, 2.05) is 18.3 Å². The number of hydrogen-bond donors (Lipinski definition) is 1. The summed E-state index contributed by atoms with van der Waals surface area (Å²) in [6, 6.07) is 15.0. The first kappa shape index (κ1) is 14.9. The van der Waals surface area contributed by atoms with Gasteiger partial charge in [0.15, 0.2) is 0 Å². The normalized spacial score (nSPS) is 12.5. The number of rotatable bonds is 5. The quantitative estimate of drug-likeness (QED) is 0.717. The number of fused-ring (bicyclic) bond motifs is 1. The van der Waals surface area contributed by atoms with Crippen LogP contribution in [0.4, 0.5) is 5.69 Å². The van der Waals surface area contributed by atoms with Gasteiger partial charge in [0.1, 0.15) is 0 Å². The highest BCUT2D eigenvalue weighted by Crippen LogP contribution is 2.25. The van der Waals surface area contributed by atoms with Gasteiger partial charge in [0, 0.05) is 28.7 Å². The molecule has 4 heteroatoms. The fourth-order valence-electron chi connectivity index (χ4n) is 2.62. The van der Waals surface area contributed by atoms with Crippen molar-refractivity contribution >= 4 is 28.2 Å². The van der Waals surface area contributed by atoms with E-state index >= 15 is 0 Å². The minimum atomic E-state index is 0.458. The van der Waals surface area contributed by atoms with E-state index in [2.05, 4.69) is 59.3 Å². The molecule has 2 aromatic carbocycles. The summed E-state index contributed by atoms with van der Waals surface area (Å²) in [5.41, 5.74) is 3.55. The molecule has 0 radical (unpaired) electrons. The molecule has 0 fully saturated rings. The van der Waals surface area contributed by atoms with Gasteiger partial charge >= 0.3 is 0 Å². The van der Waals surface area contributed by atoms with Crippen LogP contribution in [0.25, 0.3) is 10.9 Å². The largest absolute Gasteiger partial charge is 0.364 e. The standard InChI is InChI=1S/C18H20ClN3/c1-3-13(2)22(12-14-4-6-16(19)7-5-14)17-8-9-18-15(10-17)11-20-21-18/h4-11,13H,3,12H2,1-2H3,(H,20,21). The van der Waals surface area contributed by atoms with Crippen molar-refractivity contribution in [1.29, 1.82) is 0 Å². The smallest absolute Gasteiger partial charge is 0.0651 e. The van der Waals surface area contributed by atoms with E-state index in [0.717, 1.165) is 28.9 Å². The number of nitrogens with zero attached hydrogens (tertiary/aromatic N) is 2. The van der Waals surface area contributed by atoms with Crippen molar-refractivity contribution in [1.82, 2.24) is 10.2 Å². The first-order valence-electron chi connectivity index (χ1n) is 7.61. The van der Waals surface area contributed by atoms with Crippen LogP contribution in [0, 0.1) is 0 Å². The lowest BCUT2D eigenvalue weighted by atomic mass is 10.1. The molecule has 0 spiro atoms. The number of anilines is 1. The summed E-state index contributed by atoms with van der Waals surface area (Å²) in [4.78, 5) is 2.43. The predicted octanol–water partition coefficient (Wildman–Crippen LogP) is 5.02. The fraction of sp³-hybridized carbons (Fsp3) is 0.278.